The molecule has 8 nitrogen and oxygen atoms in total. The van der Waals surface area contributed by atoms with Crippen LogP contribution in [0.4, 0.5) is 5.69 Å². The molecule has 36 heavy (non-hydrogen) atoms. The van der Waals surface area contributed by atoms with E-state index in [-0.39, 0.29) is 22.8 Å². The minimum Gasteiger partial charge on any atom is -0.385 e. The van der Waals surface area contributed by atoms with Crippen molar-refractivity contribution in [1.29, 1.82) is 5.26 Å². The molecule has 1 aliphatic heterocycles. The molecule has 0 bridgehead atoms. The van der Waals surface area contributed by atoms with E-state index in [0.29, 0.717) is 31.6 Å². The number of carbonyl (C=O) groups is 2. The number of aromatic nitrogens is 2. The summed E-state index contributed by atoms with van der Waals surface area (Å²) in [4.78, 5) is 33.0. The minimum absolute atomic E-state index is 0.0215. The molecule has 0 spiro atoms. The lowest BCUT2D eigenvalue weighted by atomic mass is 9.76. The van der Waals surface area contributed by atoms with Gasteiger partial charge >= 0.3 is 0 Å². The van der Waals surface area contributed by atoms with E-state index in [0.717, 1.165) is 36.0 Å². The van der Waals surface area contributed by atoms with E-state index in [4.69, 9.17) is 5.26 Å². The molecule has 1 aromatic heterocycles. The van der Waals surface area contributed by atoms with Crippen LogP contribution < -0.4 is 5.32 Å². The number of nitrogens with one attached hydrogen (secondary N) is 2. The molecule has 2 heterocycles. The number of aliphatic hydroxyl groups is 1. The maximum atomic E-state index is 12.8. The first-order valence-corrected chi connectivity index (χ1v) is 12.7. The summed E-state index contributed by atoms with van der Waals surface area (Å²) in [5, 5.41) is 23.4. The Balaban J connectivity index is 0.00000176. The molecule has 1 saturated heterocycles. The van der Waals surface area contributed by atoms with Crippen LogP contribution in [-0.4, -0.2) is 44.9 Å². The van der Waals surface area contributed by atoms with Crippen LogP contribution in [0.25, 0.3) is 5.57 Å². The number of hydrogen-bond donors (Lipinski definition) is 3. The predicted molar refractivity (Wildman–Crippen MR) is 140 cm³/mol. The van der Waals surface area contributed by atoms with Crippen LogP contribution in [0.5, 0.6) is 0 Å². The number of piperidine rings is 1. The summed E-state index contributed by atoms with van der Waals surface area (Å²) in [5.41, 5.74) is 2.87. The van der Waals surface area contributed by atoms with Crippen LogP contribution in [0, 0.1) is 16.7 Å². The van der Waals surface area contributed by atoms with E-state index in [1.54, 1.807) is 11.8 Å². The molecule has 0 saturated carbocycles. The Bertz CT molecular complexity index is 1180. The average Bonchev–Trinajstić information content (AvgIpc) is 3.36. The van der Waals surface area contributed by atoms with Gasteiger partial charge in [-0.2, -0.15) is 5.26 Å². The first-order valence-electron chi connectivity index (χ1n) is 12.7. The van der Waals surface area contributed by atoms with Crippen molar-refractivity contribution < 1.29 is 14.7 Å². The number of rotatable bonds is 4. The second kappa shape index (κ2) is 11.1. The van der Waals surface area contributed by atoms with Gasteiger partial charge in [0.25, 0.3) is 5.91 Å². The standard InChI is InChI=1S/C26H31N5O3.C2H6/c1-17(32)31-12-10-26(34,11-13-31)19-4-5-22(30-24(33)23-28-16-20(15-27)29-23)21(14-19)18-6-8-25(2,3)9-7-18;1-2/h4-6,14,16,34H,7-13H2,1-3H3,(H,28,29)(H,30,33);1-2H3. The molecule has 1 fully saturated rings. The molecule has 0 radical (unpaired) electrons. The molecule has 2 amide bonds. The molecule has 2 aromatic rings. The highest BCUT2D eigenvalue weighted by molar-refractivity contribution is 6.03. The number of carbonyl (C=O) groups excluding carboxylic acids is 2. The van der Waals surface area contributed by atoms with Crippen molar-refractivity contribution in [2.45, 2.75) is 72.3 Å². The minimum atomic E-state index is -1.03. The third-order valence-electron chi connectivity index (χ3n) is 7.07. The number of allylic oxidation sites excluding steroid dienone is 2. The van der Waals surface area contributed by atoms with Gasteiger partial charge in [-0.05, 0) is 60.8 Å². The Kier molecular flexibility index (Phi) is 8.36. The number of benzene rings is 1. The summed E-state index contributed by atoms with van der Waals surface area (Å²) in [5.74, 6) is -0.338. The zero-order valence-corrected chi connectivity index (χ0v) is 21.9. The van der Waals surface area contributed by atoms with Crippen LogP contribution >= 0.6 is 0 Å². The van der Waals surface area contributed by atoms with Crippen LogP contribution in [0.3, 0.4) is 0 Å². The predicted octanol–water partition coefficient (Wildman–Crippen LogP) is 4.98. The van der Waals surface area contributed by atoms with Crippen LogP contribution in [0.2, 0.25) is 0 Å². The number of anilines is 1. The lowest BCUT2D eigenvalue weighted by Gasteiger charge is -2.38. The van der Waals surface area contributed by atoms with Gasteiger partial charge < -0.3 is 20.3 Å². The zero-order chi connectivity index (χ0) is 26.5. The molecule has 1 aromatic carbocycles. The van der Waals surface area contributed by atoms with Gasteiger partial charge in [-0.3, -0.25) is 9.59 Å². The van der Waals surface area contributed by atoms with E-state index in [1.165, 1.54) is 6.20 Å². The fourth-order valence-electron chi connectivity index (χ4n) is 4.68. The van der Waals surface area contributed by atoms with Crippen molar-refractivity contribution >= 4 is 23.1 Å². The Morgan fingerprint density at radius 3 is 2.44 bits per heavy atom. The molecular weight excluding hydrogens is 454 g/mol. The second-order valence-corrected chi connectivity index (χ2v) is 10.1. The SMILES string of the molecule is CC.CC(=O)N1CCC(O)(c2ccc(NC(=O)c3ncc(C#N)[nH]3)c(C3=CCC(C)(C)CC3)c2)CC1. The Hall–Kier alpha value is -3.44. The van der Waals surface area contributed by atoms with Crippen molar-refractivity contribution in [2.24, 2.45) is 5.41 Å². The lowest BCUT2D eigenvalue weighted by Crippen LogP contribution is -2.44. The molecule has 0 unspecified atom stereocenters. The number of nitriles is 1. The van der Waals surface area contributed by atoms with E-state index in [9.17, 15) is 14.7 Å². The summed E-state index contributed by atoms with van der Waals surface area (Å²) in [7, 11) is 0. The van der Waals surface area contributed by atoms with Gasteiger partial charge in [0, 0.05) is 31.3 Å². The highest BCUT2D eigenvalue weighted by Gasteiger charge is 2.35. The van der Waals surface area contributed by atoms with Gasteiger partial charge in [0.05, 0.1) is 11.8 Å². The summed E-state index contributed by atoms with van der Waals surface area (Å²) < 4.78 is 0. The smallest absolute Gasteiger partial charge is 0.291 e. The number of nitrogens with zero attached hydrogens (tertiary/aromatic N) is 3. The second-order valence-electron chi connectivity index (χ2n) is 10.1. The molecule has 8 heteroatoms. The third-order valence-corrected chi connectivity index (χ3v) is 7.07. The molecule has 0 atom stereocenters. The number of likely N-dealkylation sites (tertiary alicyclic amines) is 1. The van der Waals surface area contributed by atoms with Gasteiger partial charge in [0.1, 0.15) is 11.8 Å². The van der Waals surface area contributed by atoms with Crippen molar-refractivity contribution in [3.05, 3.63) is 53.1 Å². The van der Waals surface area contributed by atoms with Gasteiger partial charge in [0.15, 0.2) is 5.82 Å². The summed E-state index contributed by atoms with van der Waals surface area (Å²) in [6.07, 6.45) is 7.31. The van der Waals surface area contributed by atoms with Crippen molar-refractivity contribution in [2.75, 3.05) is 18.4 Å². The maximum Gasteiger partial charge on any atom is 0.291 e. The number of hydrogen-bond acceptors (Lipinski definition) is 5. The van der Waals surface area contributed by atoms with Crippen molar-refractivity contribution in [3.63, 3.8) is 0 Å². The Morgan fingerprint density at radius 1 is 1.19 bits per heavy atom. The Labute approximate surface area is 213 Å². The highest BCUT2D eigenvalue weighted by Crippen LogP contribution is 2.42. The topological polar surface area (TPSA) is 122 Å². The van der Waals surface area contributed by atoms with Crippen LogP contribution in [0.15, 0.2) is 30.5 Å². The molecular formula is C28H37N5O3. The Morgan fingerprint density at radius 2 is 1.89 bits per heavy atom. The van der Waals surface area contributed by atoms with Crippen molar-refractivity contribution in [3.8, 4) is 6.07 Å². The van der Waals surface area contributed by atoms with Gasteiger partial charge in [-0.1, -0.05) is 39.8 Å². The largest absolute Gasteiger partial charge is 0.385 e. The molecule has 192 valence electrons. The fraction of sp³-hybridized carbons (Fsp3) is 0.500. The summed E-state index contributed by atoms with van der Waals surface area (Å²) in [6.45, 7) is 11.1. The summed E-state index contributed by atoms with van der Waals surface area (Å²) >= 11 is 0. The molecule has 4 rings (SSSR count). The van der Waals surface area contributed by atoms with Gasteiger partial charge in [-0.25, -0.2) is 4.98 Å². The van der Waals surface area contributed by atoms with E-state index in [2.05, 4.69) is 35.2 Å². The number of imidazole rings is 1. The number of amides is 2. The number of H-pyrrole nitrogens is 1. The fourth-order valence-corrected chi connectivity index (χ4v) is 4.68. The van der Waals surface area contributed by atoms with E-state index < -0.39 is 11.5 Å². The molecule has 3 N–H and O–H groups in total. The monoisotopic (exact) mass is 491 g/mol. The van der Waals surface area contributed by atoms with Crippen molar-refractivity contribution in [1.82, 2.24) is 14.9 Å². The molecule has 2 aliphatic rings. The normalized spacial score (nSPS) is 18.2. The highest BCUT2D eigenvalue weighted by atomic mass is 16.3. The van der Waals surface area contributed by atoms with E-state index >= 15 is 0 Å². The quantitative estimate of drug-likeness (QED) is 0.557. The van der Waals surface area contributed by atoms with Gasteiger partial charge in [0.2, 0.25) is 5.91 Å². The maximum absolute atomic E-state index is 12.8. The first-order chi connectivity index (χ1) is 17.1. The average molecular weight is 492 g/mol. The third kappa shape index (κ3) is 6.03. The van der Waals surface area contributed by atoms with Crippen LogP contribution in [-0.2, 0) is 10.4 Å². The lowest BCUT2D eigenvalue weighted by molar-refractivity contribution is -0.133. The summed E-state index contributed by atoms with van der Waals surface area (Å²) in [6, 6.07) is 7.59. The zero-order valence-electron chi connectivity index (χ0n) is 21.9. The number of aromatic amines is 1. The molecule has 1 aliphatic carbocycles. The first kappa shape index (κ1) is 27.2. The van der Waals surface area contributed by atoms with E-state index in [1.807, 2.05) is 38.1 Å². The van der Waals surface area contributed by atoms with Gasteiger partial charge in [-0.15, -0.1) is 0 Å². The van der Waals surface area contributed by atoms with Crippen LogP contribution in [0.1, 0.15) is 94.2 Å².